The lowest BCUT2D eigenvalue weighted by Crippen LogP contribution is -2.21. The van der Waals surface area contributed by atoms with Crippen molar-refractivity contribution < 1.29 is 9.23 Å². The summed E-state index contributed by atoms with van der Waals surface area (Å²) in [4.78, 5) is 4.85. The van der Waals surface area contributed by atoms with Crippen LogP contribution in [0.2, 0.25) is 0 Å². The first-order chi connectivity index (χ1) is 5.04. The average Bonchev–Trinajstić information content (AvgIpc) is 2.32. The molecule has 0 aromatic rings. The zero-order chi connectivity index (χ0) is 8.48. The van der Waals surface area contributed by atoms with Crippen LogP contribution in [0.25, 0.3) is 0 Å². The summed E-state index contributed by atoms with van der Waals surface area (Å²) in [7, 11) is 0. The van der Waals surface area contributed by atoms with Crippen LogP contribution in [-0.4, -0.2) is 18.5 Å². The minimum Gasteiger partial charge on any atom is -0.389 e. The molecule has 0 aromatic heterocycles. The minimum atomic E-state index is -0.441. The number of halogens is 1. The molecule has 0 amide bonds. The summed E-state index contributed by atoms with van der Waals surface area (Å²) in [6.07, 6.45) is 0.309. The number of hydrogen-bond acceptors (Lipinski definition) is 2. The predicted molar refractivity (Wildman–Crippen MR) is 42.4 cm³/mol. The van der Waals surface area contributed by atoms with E-state index in [1.54, 1.807) is 0 Å². The lowest BCUT2D eigenvalue weighted by Gasteiger charge is -2.16. The summed E-state index contributed by atoms with van der Waals surface area (Å²) >= 11 is 0. The molecule has 0 spiro atoms. The Labute approximate surface area is 66.4 Å². The molecule has 1 atom stereocenters. The highest BCUT2D eigenvalue weighted by atomic mass is 19.1. The maximum atomic E-state index is 12.1. The monoisotopic (exact) mass is 159 g/mol. The molecule has 0 N–H and O–H groups in total. The Morgan fingerprint density at radius 3 is 2.55 bits per heavy atom. The lowest BCUT2D eigenvalue weighted by molar-refractivity contribution is 0.0656. The van der Waals surface area contributed by atoms with E-state index in [0.29, 0.717) is 6.42 Å². The normalized spacial score (nSPS) is 24.7. The molecule has 1 heterocycles. The highest BCUT2D eigenvalue weighted by Gasteiger charge is 2.29. The van der Waals surface area contributed by atoms with Gasteiger partial charge in [0.15, 0.2) is 6.10 Å². The van der Waals surface area contributed by atoms with Gasteiger partial charge >= 0.3 is 0 Å². The van der Waals surface area contributed by atoms with Crippen LogP contribution in [0.1, 0.15) is 27.2 Å². The van der Waals surface area contributed by atoms with Gasteiger partial charge in [0.05, 0.1) is 5.71 Å². The topological polar surface area (TPSA) is 21.6 Å². The molecule has 0 aromatic carbocycles. The molecule has 0 saturated carbocycles. The number of alkyl halides is 1. The largest absolute Gasteiger partial charge is 0.389 e. The third-order valence-corrected chi connectivity index (χ3v) is 1.77. The highest BCUT2D eigenvalue weighted by Crippen LogP contribution is 2.25. The van der Waals surface area contributed by atoms with Crippen LogP contribution < -0.4 is 0 Å². The summed E-state index contributed by atoms with van der Waals surface area (Å²) in [6, 6.07) is 0. The Kier molecular flexibility index (Phi) is 2.16. The third-order valence-electron chi connectivity index (χ3n) is 1.77. The van der Waals surface area contributed by atoms with E-state index in [1.807, 2.05) is 0 Å². The Morgan fingerprint density at radius 1 is 1.64 bits per heavy atom. The van der Waals surface area contributed by atoms with Crippen LogP contribution in [0.4, 0.5) is 4.39 Å². The summed E-state index contributed by atoms with van der Waals surface area (Å²) in [5.74, 6) is 0. The smallest absolute Gasteiger partial charge is 0.161 e. The Hall–Kier alpha value is -0.600. The molecule has 3 heteroatoms. The second kappa shape index (κ2) is 2.80. The van der Waals surface area contributed by atoms with Crippen LogP contribution in [0.3, 0.4) is 0 Å². The van der Waals surface area contributed by atoms with Gasteiger partial charge in [-0.15, -0.1) is 0 Å². The quantitative estimate of drug-likeness (QED) is 0.574. The maximum absolute atomic E-state index is 12.1. The van der Waals surface area contributed by atoms with Crippen LogP contribution in [0, 0.1) is 5.41 Å². The Bertz CT molecular complexity index is 171. The summed E-state index contributed by atoms with van der Waals surface area (Å²) in [5.41, 5.74) is 0.976. The van der Waals surface area contributed by atoms with Gasteiger partial charge in [-0.1, -0.05) is 25.9 Å². The van der Waals surface area contributed by atoms with Crippen molar-refractivity contribution in [2.45, 2.75) is 33.3 Å². The molecule has 0 saturated heterocycles. The van der Waals surface area contributed by atoms with Gasteiger partial charge in [0.2, 0.25) is 0 Å². The molecule has 1 rings (SSSR count). The van der Waals surface area contributed by atoms with E-state index < -0.39 is 6.67 Å². The van der Waals surface area contributed by atoms with E-state index >= 15 is 0 Å². The molecule has 0 fully saturated rings. The summed E-state index contributed by atoms with van der Waals surface area (Å²) in [5, 5.41) is 3.84. The van der Waals surface area contributed by atoms with Crippen molar-refractivity contribution in [3.8, 4) is 0 Å². The van der Waals surface area contributed by atoms with Gasteiger partial charge < -0.3 is 4.84 Å². The molecule has 11 heavy (non-hydrogen) atoms. The first-order valence-corrected chi connectivity index (χ1v) is 3.83. The summed E-state index contributed by atoms with van der Waals surface area (Å²) < 4.78 is 12.1. The SMILES string of the molecule is CC(C)(C)C1=NOC(CF)C1. The molecule has 1 unspecified atom stereocenters. The van der Waals surface area contributed by atoms with Gasteiger partial charge in [-0.3, -0.25) is 0 Å². The predicted octanol–water partition coefficient (Wildman–Crippen LogP) is 2.15. The fourth-order valence-corrected chi connectivity index (χ4v) is 0.954. The van der Waals surface area contributed by atoms with Crippen molar-refractivity contribution in [1.82, 2.24) is 0 Å². The fraction of sp³-hybridized carbons (Fsp3) is 0.875. The van der Waals surface area contributed by atoms with Crippen molar-refractivity contribution in [3.05, 3.63) is 0 Å². The van der Waals surface area contributed by atoms with E-state index in [2.05, 4.69) is 25.9 Å². The maximum Gasteiger partial charge on any atom is 0.161 e. The molecule has 0 bridgehead atoms. The zero-order valence-corrected chi connectivity index (χ0v) is 7.22. The second-order valence-electron chi connectivity index (χ2n) is 3.87. The van der Waals surface area contributed by atoms with Crippen LogP contribution in [0.15, 0.2) is 5.16 Å². The lowest BCUT2D eigenvalue weighted by atomic mass is 9.87. The number of rotatable bonds is 1. The third kappa shape index (κ3) is 1.91. The first-order valence-electron chi connectivity index (χ1n) is 3.83. The molecule has 0 radical (unpaired) electrons. The Balaban J connectivity index is 2.53. The van der Waals surface area contributed by atoms with Gasteiger partial charge in [0.25, 0.3) is 0 Å². The van der Waals surface area contributed by atoms with Gasteiger partial charge in [-0.2, -0.15) is 0 Å². The van der Waals surface area contributed by atoms with Gasteiger partial charge in [-0.05, 0) is 0 Å². The van der Waals surface area contributed by atoms with Gasteiger partial charge in [-0.25, -0.2) is 4.39 Å². The van der Waals surface area contributed by atoms with Crippen molar-refractivity contribution in [2.24, 2.45) is 10.6 Å². The van der Waals surface area contributed by atoms with E-state index in [-0.39, 0.29) is 11.5 Å². The standard InChI is InChI=1S/C8H14FNO/c1-8(2,3)7-4-6(5-9)11-10-7/h6H,4-5H2,1-3H3. The minimum absolute atomic E-state index is 0.0178. The van der Waals surface area contributed by atoms with Crippen molar-refractivity contribution >= 4 is 5.71 Å². The van der Waals surface area contributed by atoms with Crippen molar-refractivity contribution in [2.75, 3.05) is 6.67 Å². The summed E-state index contributed by atoms with van der Waals surface area (Å²) in [6.45, 7) is 5.71. The van der Waals surface area contributed by atoms with E-state index in [4.69, 9.17) is 4.84 Å². The van der Waals surface area contributed by atoms with Gasteiger partial charge in [0, 0.05) is 11.8 Å². The zero-order valence-electron chi connectivity index (χ0n) is 7.22. The fourth-order valence-electron chi connectivity index (χ4n) is 0.954. The van der Waals surface area contributed by atoms with E-state index in [1.165, 1.54) is 0 Å². The average molecular weight is 159 g/mol. The van der Waals surface area contributed by atoms with E-state index in [0.717, 1.165) is 5.71 Å². The number of oxime groups is 1. The second-order valence-corrected chi connectivity index (χ2v) is 3.87. The Morgan fingerprint density at radius 2 is 2.27 bits per heavy atom. The van der Waals surface area contributed by atoms with Gasteiger partial charge in [0.1, 0.15) is 6.67 Å². The molecule has 1 aliphatic heterocycles. The number of nitrogens with zero attached hydrogens (tertiary/aromatic N) is 1. The van der Waals surface area contributed by atoms with Crippen LogP contribution >= 0.6 is 0 Å². The molecule has 2 nitrogen and oxygen atoms in total. The van der Waals surface area contributed by atoms with Crippen LogP contribution in [0.5, 0.6) is 0 Å². The first kappa shape index (κ1) is 8.50. The van der Waals surface area contributed by atoms with Crippen LogP contribution in [-0.2, 0) is 4.84 Å². The molecule has 1 aliphatic rings. The highest BCUT2D eigenvalue weighted by molar-refractivity contribution is 5.90. The molecule has 64 valence electrons. The van der Waals surface area contributed by atoms with E-state index in [9.17, 15) is 4.39 Å². The molecule has 0 aliphatic carbocycles. The van der Waals surface area contributed by atoms with Crippen molar-refractivity contribution in [3.63, 3.8) is 0 Å². The number of hydrogen-bond donors (Lipinski definition) is 0. The molecular formula is C8H14FNO. The van der Waals surface area contributed by atoms with Crippen molar-refractivity contribution in [1.29, 1.82) is 0 Å². The molecular weight excluding hydrogens is 145 g/mol.